The van der Waals surface area contributed by atoms with Crippen molar-refractivity contribution in [1.29, 1.82) is 0 Å². The van der Waals surface area contributed by atoms with Crippen LogP contribution in [-0.2, 0) is 0 Å². The van der Waals surface area contributed by atoms with Gasteiger partial charge in [-0.25, -0.2) is 0 Å². The molecular formula is C15H25BrCl2N2S. The van der Waals surface area contributed by atoms with E-state index in [0.717, 1.165) is 19.0 Å². The van der Waals surface area contributed by atoms with Gasteiger partial charge in [0.1, 0.15) is 0 Å². The highest BCUT2D eigenvalue weighted by Crippen LogP contribution is 2.43. The molecule has 0 unspecified atom stereocenters. The van der Waals surface area contributed by atoms with Gasteiger partial charge >= 0.3 is 0 Å². The zero-order chi connectivity index (χ0) is 13.1. The molecule has 0 aromatic carbocycles. The summed E-state index contributed by atoms with van der Waals surface area (Å²) in [6.07, 6.45) is 7.13. The minimum absolute atomic E-state index is 0. The Kier molecular flexibility index (Phi) is 9.15. The minimum atomic E-state index is 0. The summed E-state index contributed by atoms with van der Waals surface area (Å²) in [5.74, 6) is 0.863. The van der Waals surface area contributed by atoms with Gasteiger partial charge in [-0.15, -0.1) is 36.2 Å². The quantitative estimate of drug-likeness (QED) is 0.756. The fourth-order valence-corrected chi connectivity index (χ4v) is 5.44. The van der Waals surface area contributed by atoms with Gasteiger partial charge in [-0.3, -0.25) is 4.90 Å². The largest absolute Gasteiger partial charge is 0.314 e. The van der Waals surface area contributed by atoms with Crippen molar-refractivity contribution in [3.8, 4) is 0 Å². The van der Waals surface area contributed by atoms with Gasteiger partial charge in [-0.2, -0.15) is 0 Å². The second kappa shape index (κ2) is 9.74. The van der Waals surface area contributed by atoms with E-state index < -0.39 is 0 Å². The Bertz CT molecular complexity index is 386. The van der Waals surface area contributed by atoms with Crippen LogP contribution in [0.5, 0.6) is 0 Å². The molecule has 1 aromatic rings. The van der Waals surface area contributed by atoms with Crippen LogP contribution in [0.3, 0.4) is 0 Å². The van der Waals surface area contributed by atoms with Gasteiger partial charge < -0.3 is 5.32 Å². The molecule has 1 atom stereocenters. The van der Waals surface area contributed by atoms with Gasteiger partial charge in [0.2, 0.25) is 0 Å². The fraction of sp³-hybridized carbons (Fsp3) is 0.733. The minimum Gasteiger partial charge on any atom is -0.314 e. The van der Waals surface area contributed by atoms with Crippen molar-refractivity contribution < 1.29 is 0 Å². The summed E-state index contributed by atoms with van der Waals surface area (Å²) < 4.78 is 1.33. The summed E-state index contributed by atoms with van der Waals surface area (Å²) in [4.78, 5) is 4.29. The highest BCUT2D eigenvalue weighted by Gasteiger charge is 2.32. The molecule has 3 rings (SSSR count). The smallest absolute Gasteiger partial charge is 0.0482 e. The van der Waals surface area contributed by atoms with E-state index in [4.69, 9.17) is 0 Å². The van der Waals surface area contributed by atoms with Crippen LogP contribution in [-0.4, -0.2) is 31.1 Å². The van der Waals surface area contributed by atoms with E-state index in [0.29, 0.717) is 6.04 Å². The van der Waals surface area contributed by atoms with Crippen LogP contribution in [0.2, 0.25) is 0 Å². The Morgan fingerprint density at radius 2 is 1.81 bits per heavy atom. The van der Waals surface area contributed by atoms with E-state index in [9.17, 15) is 0 Å². The highest BCUT2D eigenvalue weighted by atomic mass is 79.9. The third kappa shape index (κ3) is 4.82. The standard InChI is InChI=1S/C15H23BrN2S.2ClH/c16-13-6-11-19-15(13)14(12-4-2-1-3-5-12)18-9-7-17-8-10-18;;/h6,11-12,14,17H,1-5,7-10H2;2*1H/t14-;;/m1../s1. The van der Waals surface area contributed by atoms with Gasteiger partial charge in [0.25, 0.3) is 0 Å². The van der Waals surface area contributed by atoms with Crippen molar-refractivity contribution in [1.82, 2.24) is 10.2 Å². The molecule has 2 fully saturated rings. The molecule has 2 heterocycles. The number of nitrogens with zero attached hydrogens (tertiary/aromatic N) is 1. The summed E-state index contributed by atoms with van der Waals surface area (Å²) in [6, 6.07) is 2.87. The van der Waals surface area contributed by atoms with E-state index in [1.165, 1.54) is 49.7 Å². The molecule has 0 amide bonds. The Morgan fingerprint density at radius 3 is 2.38 bits per heavy atom. The highest BCUT2D eigenvalue weighted by molar-refractivity contribution is 9.10. The van der Waals surface area contributed by atoms with Crippen molar-refractivity contribution in [2.75, 3.05) is 26.2 Å². The topological polar surface area (TPSA) is 15.3 Å². The van der Waals surface area contributed by atoms with Crippen molar-refractivity contribution in [3.63, 3.8) is 0 Å². The molecule has 2 aliphatic rings. The molecule has 0 bridgehead atoms. The molecule has 2 nitrogen and oxygen atoms in total. The number of hydrogen-bond acceptors (Lipinski definition) is 3. The molecule has 122 valence electrons. The third-order valence-corrected chi connectivity index (χ3v) is 6.50. The molecule has 21 heavy (non-hydrogen) atoms. The lowest BCUT2D eigenvalue weighted by Gasteiger charge is -2.40. The van der Waals surface area contributed by atoms with Gasteiger partial charge in [-0.05, 0) is 46.1 Å². The third-order valence-electron chi connectivity index (χ3n) is 4.55. The van der Waals surface area contributed by atoms with Crippen LogP contribution >= 0.6 is 52.1 Å². The van der Waals surface area contributed by atoms with Gasteiger partial charge in [0.15, 0.2) is 0 Å². The maximum atomic E-state index is 3.77. The lowest BCUT2D eigenvalue weighted by atomic mass is 9.82. The monoisotopic (exact) mass is 414 g/mol. The van der Waals surface area contributed by atoms with Crippen molar-refractivity contribution >= 4 is 52.1 Å². The molecule has 1 saturated carbocycles. The molecule has 0 radical (unpaired) electrons. The number of rotatable bonds is 3. The molecule has 1 saturated heterocycles. The van der Waals surface area contributed by atoms with E-state index in [2.05, 4.69) is 37.6 Å². The maximum Gasteiger partial charge on any atom is 0.0482 e. The van der Waals surface area contributed by atoms with E-state index in [1.54, 1.807) is 4.88 Å². The normalized spacial score (nSPS) is 22.1. The average Bonchev–Trinajstić information content (AvgIpc) is 2.88. The molecule has 1 N–H and O–H groups in total. The first kappa shape index (κ1) is 19.7. The first-order chi connectivity index (χ1) is 9.36. The Labute approximate surface area is 153 Å². The molecule has 1 aliphatic heterocycles. The second-order valence-electron chi connectivity index (χ2n) is 5.76. The SMILES string of the molecule is Brc1ccsc1[C@@H](C1CCCCC1)N1CCNCC1.Cl.Cl. The van der Waals surface area contributed by atoms with E-state index in [1.807, 2.05) is 11.3 Å². The van der Waals surface area contributed by atoms with Crippen LogP contribution < -0.4 is 5.32 Å². The van der Waals surface area contributed by atoms with Crippen molar-refractivity contribution in [2.45, 2.75) is 38.1 Å². The molecular weight excluding hydrogens is 391 g/mol. The zero-order valence-corrected chi connectivity index (χ0v) is 16.3. The van der Waals surface area contributed by atoms with Gasteiger partial charge in [0, 0.05) is 41.6 Å². The summed E-state index contributed by atoms with van der Waals surface area (Å²) in [5.41, 5.74) is 0. The summed E-state index contributed by atoms with van der Waals surface area (Å²) in [5, 5.41) is 5.72. The predicted molar refractivity (Wildman–Crippen MR) is 100 cm³/mol. The molecule has 1 aliphatic carbocycles. The fourth-order valence-electron chi connectivity index (χ4n) is 3.60. The van der Waals surface area contributed by atoms with Crippen LogP contribution in [0.4, 0.5) is 0 Å². The molecule has 1 aromatic heterocycles. The maximum absolute atomic E-state index is 3.77. The summed E-state index contributed by atoms with van der Waals surface area (Å²) in [6.45, 7) is 4.69. The molecule has 6 heteroatoms. The number of hydrogen-bond donors (Lipinski definition) is 1. The van der Waals surface area contributed by atoms with Crippen molar-refractivity contribution in [2.24, 2.45) is 5.92 Å². The number of thiophene rings is 1. The lowest BCUT2D eigenvalue weighted by molar-refractivity contribution is 0.105. The molecule has 0 spiro atoms. The van der Waals surface area contributed by atoms with Crippen LogP contribution in [0.25, 0.3) is 0 Å². The Hall–Kier alpha value is 0.680. The lowest BCUT2D eigenvalue weighted by Crippen LogP contribution is -2.47. The first-order valence-electron chi connectivity index (χ1n) is 7.54. The van der Waals surface area contributed by atoms with Gasteiger partial charge in [0.05, 0.1) is 0 Å². The van der Waals surface area contributed by atoms with Crippen LogP contribution in [0.15, 0.2) is 15.9 Å². The summed E-state index contributed by atoms with van der Waals surface area (Å²) in [7, 11) is 0. The van der Waals surface area contributed by atoms with Crippen LogP contribution in [0, 0.1) is 5.92 Å². The van der Waals surface area contributed by atoms with Crippen molar-refractivity contribution in [3.05, 3.63) is 20.8 Å². The first-order valence-corrected chi connectivity index (χ1v) is 9.21. The second-order valence-corrected chi connectivity index (χ2v) is 7.56. The predicted octanol–water partition coefficient (Wildman–Crippen LogP) is 4.88. The van der Waals surface area contributed by atoms with Crippen LogP contribution in [0.1, 0.15) is 43.0 Å². The number of nitrogens with one attached hydrogen (secondary N) is 1. The number of halogens is 3. The van der Waals surface area contributed by atoms with E-state index in [-0.39, 0.29) is 24.8 Å². The van der Waals surface area contributed by atoms with Gasteiger partial charge in [-0.1, -0.05) is 19.3 Å². The zero-order valence-electron chi connectivity index (χ0n) is 12.2. The van der Waals surface area contributed by atoms with E-state index >= 15 is 0 Å². The Balaban J connectivity index is 0.00000110. The Morgan fingerprint density at radius 1 is 1.14 bits per heavy atom. The number of piperazine rings is 1. The summed E-state index contributed by atoms with van der Waals surface area (Å²) >= 11 is 5.70. The average molecular weight is 416 g/mol.